The van der Waals surface area contributed by atoms with Crippen molar-refractivity contribution in [3.8, 4) is 0 Å². The summed E-state index contributed by atoms with van der Waals surface area (Å²) in [6, 6.07) is 7.00. The molecule has 0 bridgehead atoms. The number of aliphatic hydroxyl groups excluding tert-OH is 1. The lowest BCUT2D eigenvalue weighted by Crippen LogP contribution is -2.55. The molecule has 1 aromatic rings. The van der Waals surface area contributed by atoms with E-state index in [1.165, 1.54) is 4.90 Å². The fourth-order valence-corrected chi connectivity index (χ4v) is 8.26. The lowest BCUT2D eigenvalue weighted by Gasteiger charge is -2.41. The van der Waals surface area contributed by atoms with E-state index in [9.17, 15) is 29.1 Å². The largest absolute Gasteiger partial charge is 0.450 e. The molecule has 1 heterocycles. The van der Waals surface area contributed by atoms with Gasteiger partial charge in [-0.2, -0.15) is 0 Å². The van der Waals surface area contributed by atoms with Gasteiger partial charge in [-0.3, -0.25) is 19.2 Å². The van der Waals surface area contributed by atoms with Gasteiger partial charge in [-0.05, 0) is 50.0 Å². The number of ketones is 1. The Kier molecular flexibility index (Phi) is 20.0. The first-order valence-electron chi connectivity index (χ1n) is 20.4. The average molecular weight is 789 g/mol. The molecule has 56 heavy (non-hydrogen) atoms. The van der Waals surface area contributed by atoms with Crippen LogP contribution in [0.3, 0.4) is 0 Å². The molecule has 2 rings (SSSR count). The molecular formula is C43H72N4O9. The van der Waals surface area contributed by atoms with Crippen molar-refractivity contribution < 1.29 is 43.3 Å². The van der Waals surface area contributed by atoms with Crippen molar-refractivity contribution in [2.75, 3.05) is 41.5 Å². The molecule has 4 amide bonds. The van der Waals surface area contributed by atoms with Crippen molar-refractivity contribution in [1.82, 2.24) is 20.0 Å². The Bertz CT molecular complexity index is 1410. The van der Waals surface area contributed by atoms with Gasteiger partial charge >= 0.3 is 6.09 Å². The van der Waals surface area contributed by atoms with Crippen molar-refractivity contribution in [3.05, 3.63) is 35.9 Å². The van der Waals surface area contributed by atoms with Crippen LogP contribution >= 0.6 is 0 Å². The van der Waals surface area contributed by atoms with Gasteiger partial charge in [-0.25, -0.2) is 4.79 Å². The van der Waals surface area contributed by atoms with Gasteiger partial charge in [0, 0.05) is 47.2 Å². The van der Waals surface area contributed by atoms with Gasteiger partial charge in [-0.1, -0.05) is 85.2 Å². The number of aliphatic hydroxyl groups is 1. The van der Waals surface area contributed by atoms with Gasteiger partial charge in [0.25, 0.3) is 0 Å². The van der Waals surface area contributed by atoms with E-state index in [1.807, 2.05) is 71.9 Å². The number of Topliss-reactive ketones (excluding diaryl/α,β-unsaturated/α-hetero) is 1. The average Bonchev–Trinajstić information content (AvgIpc) is 3.65. The highest BCUT2D eigenvalue weighted by molar-refractivity contribution is 5.92. The molecule has 0 aromatic heterocycles. The molecule has 318 valence electrons. The molecule has 10 unspecified atom stereocenters. The second kappa shape index (κ2) is 23.0. The van der Waals surface area contributed by atoms with Gasteiger partial charge in [0.15, 0.2) is 5.78 Å². The number of carbonyl (C=O) groups is 5. The minimum atomic E-state index is -0.890. The zero-order valence-corrected chi connectivity index (χ0v) is 36.3. The van der Waals surface area contributed by atoms with Crippen LogP contribution in [-0.4, -0.2) is 127 Å². The second-order valence-electron chi connectivity index (χ2n) is 16.3. The fraction of sp³-hybridized carbons (Fsp3) is 0.744. The van der Waals surface area contributed by atoms with Gasteiger partial charge in [0.1, 0.15) is 0 Å². The first-order valence-corrected chi connectivity index (χ1v) is 20.4. The molecule has 13 nitrogen and oxygen atoms in total. The zero-order valence-electron chi connectivity index (χ0n) is 36.3. The van der Waals surface area contributed by atoms with Crippen LogP contribution in [0.15, 0.2) is 30.3 Å². The van der Waals surface area contributed by atoms with E-state index in [-0.39, 0.29) is 66.7 Å². The number of ether oxygens (including phenoxy) is 3. The number of rotatable bonds is 22. The Morgan fingerprint density at radius 1 is 0.893 bits per heavy atom. The first kappa shape index (κ1) is 48.6. The predicted octanol–water partition coefficient (Wildman–Crippen LogP) is 5.49. The van der Waals surface area contributed by atoms with Gasteiger partial charge in [-0.15, -0.1) is 0 Å². The molecule has 1 aliphatic heterocycles. The summed E-state index contributed by atoms with van der Waals surface area (Å²) in [6.45, 7) is 17.5. The van der Waals surface area contributed by atoms with E-state index in [1.54, 1.807) is 58.9 Å². The first-order chi connectivity index (χ1) is 26.4. The molecule has 0 radical (unpaired) electrons. The number of likely N-dealkylation sites (tertiary alicyclic amines) is 1. The van der Waals surface area contributed by atoms with Crippen molar-refractivity contribution in [3.63, 3.8) is 0 Å². The quantitative estimate of drug-likeness (QED) is 0.155. The highest BCUT2D eigenvalue weighted by atomic mass is 16.6. The maximum Gasteiger partial charge on any atom is 0.410 e. The SMILES string of the molecule is CCOC(=O)N(C)C(C(=O)CC(C(=O)N(C)C(C(C)CC)C(CC(=O)N1CCCC1C(OC)C(C)C(=O)NC(C)C(O)c1ccccc1)OC)C(C)C)C(C)C. The van der Waals surface area contributed by atoms with Gasteiger partial charge in [0.2, 0.25) is 17.7 Å². The molecule has 0 spiro atoms. The Morgan fingerprint density at radius 2 is 1.52 bits per heavy atom. The number of hydrogen-bond donors (Lipinski definition) is 2. The molecule has 2 N–H and O–H groups in total. The number of likely N-dealkylation sites (N-methyl/N-ethyl adjacent to an activating group) is 2. The number of amides is 4. The number of carbonyl (C=O) groups excluding carboxylic acids is 5. The van der Waals surface area contributed by atoms with Crippen LogP contribution in [0, 0.1) is 29.6 Å². The topological polar surface area (TPSA) is 155 Å². The third-order valence-corrected chi connectivity index (χ3v) is 11.7. The Balaban J connectivity index is 2.28. The molecule has 0 aliphatic carbocycles. The number of benzene rings is 1. The Morgan fingerprint density at radius 3 is 2.04 bits per heavy atom. The van der Waals surface area contributed by atoms with Crippen molar-refractivity contribution in [2.45, 2.75) is 137 Å². The molecule has 1 saturated heterocycles. The fourth-order valence-electron chi connectivity index (χ4n) is 8.26. The van der Waals surface area contributed by atoms with E-state index < -0.39 is 54.4 Å². The normalized spacial score (nSPS) is 19.3. The minimum absolute atomic E-state index is 0.00196. The van der Waals surface area contributed by atoms with Crippen LogP contribution in [0.5, 0.6) is 0 Å². The van der Waals surface area contributed by atoms with E-state index in [4.69, 9.17) is 14.2 Å². The standard InChI is InChI=1S/C43H72N4O9/c1-14-28(7)38(45(10)42(52)32(26(3)4)24-34(48)37(27(5)6)46(11)43(53)56-15-2)35(54-12)25-36(49)47-23-19-22-33(47)40(55-13)29(8)41(51)44-30(9)39(50)31-20-17-16-18-21-31/h16-18,20-21,26-30,32-33,35,37-40,50H,14-15,19,22-25H2,1-13H3,(H,44,51). The molecule has 1 aliphatic rings. The van der Waals surface area contributed by atoms with E-state index in [2.05, 4.69) is 5.32 Å². The van der Waals surface area contributed by atoms with Gasteiger partial charge in [0.05, 0.1) is 61.4 Å². The molecule has 1 aromatic carbocycles. The van der Waals surface area contributed by atoms with E-state index >= 15 is 0 Å². The summed E-state index contributed by atoms with van der Waals surface area (Å²) in [5.74, 6) is -2.61. The maximum absolute atomic E-state index is 14.4. The zero-order chi connectivity index (χ0) is 42.4. The molecule has 13 heteroatoms. The van der Waals surface area contributed by atoms with E-state index in [0.717, 1.165) is 6.42 Å². The summed E-state index contributed by atoms with van der Waals surface area (Å²) < 4.78 is 17.1. The van der Waals surface area contributed by atoms with Crippen molar-refractivity contribution in [1.29, 1.82) is 0 Å². The molecule has 0 saturated carbocycles. The van der Waals surface area contributed by atoms with Crippen LogP contribution in [0.4, 0.5) is 4.79 Å². The highest BCUT2D eigenvalue weighted by Crippen LogP contribution is 2.31. The predicted molar refractivity (Wildman–Crippen MR) is 216 cm³/mol. The lowest BCUT2D eigenvalue weighted by atomic mass is 9.83. The monoisotopic (exact) mass is 789 g/mol. The third-order valence-electron chi connectivity index (χ3n) is 11.7. The summed E-state index contributed by atoms with van der Waals surface area (Å²) in [5.41, 5.74) is 0.700. The van der Waals surface area contributed by atoms with Crippen LogP contribution in [0.2, 0.25) is 0 Å². The van der Waals surface area contributed by atoms with Crippen LogP contribution in [0.25, 0.3) is 0 Å². The lowest BCUT2D eigenvalue weighted by molar-refractivity contribution is -0.149. The summed E-state index contributed by atoms with van der Waals surface area (Å²) in [5, 5.41) is 13.8. The second-order valence-corrected chi connectivity index (χ2v) is 16.3. The van der Waals surface area contributed by atoms with Crippen molar-refractivity contribution in [2.24, 2.45) is 29.6 Å². The molecular weight excluding hydrogens is 716 g/mol. The van der Waals surface area contributed by atoms with Crippen molar-refractivity contribution >= 4 is 29.6 Å². The number of nitrogens with zero attached hydrogens (tertiary/aromatic N) is 3. The minimum Gasteiger partial charge on any atom is -0.450 e. The Labute approximate surface area is 336 Å². The number of methoxy groups -OCH3 is 2. The molecule has 1 fully saturated rings. The van der Waals surface area contributed by atoms with Crippen LogP contribution in [-0.2, 0) is 33.4 Å². The van der Waals surface area contributed by atoms with Crippen LogP contribution < -0.4 is 5.32 Å². The third kappa shape index (κ3) is 12.5. The maximum atomic E-state index is 14.4. The highest BCUT2D eigenvalue weighted by Gasteiger charge is 2.43. The molecule has 10 atom stereocenters. The van der Waals surface area contributed by atoms with Crippen LogP contribution in [0.1, 0.15) is 106 Å². The smallest absolute Gasteiger partial charge is 0.410 e. The van der Waals surface area contributed by atoms with Gasteiger partial charge < -0.3 is 39.3 Å². The number of hydrogen-bond acceptors (Lipinski definition) is 9. The van der Waals surface area contributed by atoms with E-state index in [0.29, 0.717) is 24.9 Å². The Hall–Kier alpha value is -3.55. The summed E-state index contributed by atoms with van der Waals surface area (Å²) >= 11 is 0. The number of nitrogens with one attached hydrogen (secondary N) is 1. The summed E-state index contributed by atoms with van der Waals surface area (Å²) in [7, 11) is 6.36. The summed E-state index contributed by atoms with van der Waals surface area (Å²) in [4.78, 5) is 73.3. The summed E-state index contributed by atoms with van der Waals surface area (Å²) in [6.07, 6.45) is -0.675.